The first-order valence-electron chi connectivity index (χ1n) is 6.87. The molecule has 2 N–H and O–H groups in total. The van der Waals surface area contributed by atoms with E-state index in [0.717, 1.165) is 36.9 Å². The smallest absolute Gasteiger partial charge is 0.123 e. The molecule has 0 aromatic heterocycles. The summed E-state index contributed by atoms with van der Waals surface area (Å²) < 4.78 is 0. The molecule has 2 unspecified atom stereocenters. The molecule has 0 radical (unpaired) electrons. The van der Waals surface area contributed by atoms with Crippen LogP contribution in [0.15, 0.2) is 12.1 Å². The summed E-state index contributed by atoms with van der Waals surface area (Å²) in [6, 6.07) is 4.01. The highest BCUT2D eigenvalue weighted by atomic mass is 35.5. The Morgan fingerprint density at radius 2 is 2.21 bits per heavy atom. The molecule has 2 rings (SSSR count). The van der Waals surface area contributed by atoms with Crippen molar-refractivity contribution in [3.05, 3.63) is 28.3 Å². The van der Waals surface area contributed by atoms with Crippen LogP contribution in [0.3, 0.4) is 0 Å². The molecular formula is C15H22ClNO2. The van der Waals surface area contributed by atoms with Crippen LogP contribution in [0.4, 0.5) is 0 Å². The fourth-order valence-corrected chi connectivity index (χ4v) is 3.20. The lowest BCUT2D eigenvalue weighted by Gasteiger charge is -2.26. The van der Waals surface area contributed by atoms with Crippen LogP contribution in [0, 0.1) is 6.92 Å². The molecule has 1 fully saturated rings. The normalized spacial score (nSPS) is 21.8. The van der Waals surface area contributed by atoms with Gasteiger partial charge < -0.3 is 10.2 Å². The van der Waals surface area contributed by atoms with E-state index >= 15 is 0 Å². The van der Waals surface area contributed by atoms with Crippen LogP contribution < -0.4 is 0 Å². The zero-order chi connectivity index (χ0) is 14.0. The highest BCUT2D eigenvalue weighted by Gasteiger charge is 2.26. The Hall–Kier alpha value is -0.770. The lowest BCUT2D eigenvalue weighted by molar-refractivity contribution is 0.130. The minimum Gasteiger partial charge on any atom is -0.507 e. The molecule has 0 spiro atoms. The van der Waals surface area contributed by atoms with E-state index in [2.05, 4.69) is 4.90 Å². The van der Waals surface area contributed by atoms with Crippen molar-refractivity contribution in [2.75, 3.05) is 6.54 Å². The molecule has 1 saturated heterocycles. The van der Waals surface area contributed by atoms with E-state index in [1.807, 2.05) is 19.9 Å². The average molecular weight is 284 g/mol. The second-order valence-corrected chi connectivity index (χ2v) is 6.02. The first-order valence-corrected chi connectivity index (χ1v) is 7.25. The van der Waals surface area contributed by atoms with Crippen molar-refractivity contribution >= 4 is 11.6 Å². The van der Waals surface area contributed by atoms with E-state index in [-0.39, 0.29) is 6.10 Å². The number of aliphatic hydroxyl groups excluding tert-OH is 1. The third-order valence-corrected chi connectivity index (χ3v) is 4.05. The van der Waals surface area contributed by atoms with E-state index in [4.69, 9.17) is 11.6 Å². The van der Waals surface area contributed by atoms with Gasteiger partial charge in [0.25, 0.3) is 0 Å². The zero-order valence-corrected chi connectivity index (χ0v) is 12.3. The van der Waals surface area contributed by atoms with Gasteiger partial charge in [-0.25, -0.2) is 0 Å². The molecule has 0 bridgehead atoms. The zero-order valence-electron chi connectivity index (χ0n) is 11.6. The van der Waals surface area contributed by atoms with Gasteiger partial charge in [-0.1, -0.05) is 11.6 Å². The molecule has 1 aromatic carbocycles. The van der Waals surface area contributed by atoms with Crippen LogP contribution in [-0.2, 0) is 6.54 Å². The molecule has 3 nitrogen and oxygen atoms in total. The molecule has 106 valence electrons. The maximum atomic E-state index is 10.1. The van der Waals surface area contributed by atoms with Crippen molar-refractivity contribution in [3.8, 4) is 5.75 Å². The van der Waals surface area contributed by atoms with Crippen LogP contribution >= 0.6 is 11.6 Å². The molecule has 4 heteroatoms. The van der Waals surface area contributed by atoms with E-state index in [0.29, 0.717) is 23.4 Å². The number of phenolic OH excluding ortho intramolecular Hbond substituents is 1. The summed E-state index contributed by atoms with van der Waals surface area (Å²) >= 11 is 6.06. The number of nitrogens with zero attached hydrogens (tertiary/aromatic N) is 1. The van der Waals surface area contributed by atoms with Gasteiger partial charge in [-0.05, 0) is 57.4 Å². The second kappa shape index (κ2) is 6.12. The average Bonchev–Trinajstić information content (AvgIpc) is 2.72. The van der Waals surface area contributed by atoms with Crippen LogP contribution in [0.2, 0.25) is 5.02 Å². The van der Waals surface area contributed by atoms with E-state index in [9.17, 15) is 10.2 Å². The number of rotatable bonds is 4. The molecule has 1 aliphatic rings. The highest BCUT2D eigenvalue weighted by molar-refractivity contribution is 6.30. The summed E-state index contributed by atoms with van der Waals surface area (Å²) in [4.78, 5) is 2.33. The van der Waals surface area contributed by atoms with Crippen molar-refractivity contribution in [1.82, 2.24) is 4.90 Å². The van der Waals surface area contributed by atoms with Crippen molar-refractivity contribution in [2.24, 2.45) is 0 Å². The number of aliphatic hydroxyl groups is 1. The number of aromatic hydroxyl groups is 1. The van der Waals surface area contributed by atoms with Gasteiger partial charge in [0.15, 0.2) is 0 Å². The standard InChI is InChI=1S/C15H22ClNO2/c1-10-6-13(16)8-12(15(10)19)9-17-5-3-4-14(17)7-11(2)18/h6,8,11,14,18-19H,3-5,7,9H2,1-2H3. The van der Waals surface area contributed by atoms with Crippen molar-refractivity contribution in [3.63, 3.8) is 0 Å². The Labute approximate surface area is 119 Å². The SMILES string of the molecule is Cc1cc(Cl)cc(CN2CCCC2CC(C)O)c1O. The summed E-state index contributed by atoms with van der Waals surface area (Å²) in [5, 5.41) is 20.3. The predicted molar refractivity (Wildman–Crippen MR) is 77.6 cm³/mol. The van der Waals surface area contributed by atoms with Crippen LogP contribution in [0.1, 0.15) is 37.3 Å². The Balaban J connectivity index is 2.12. The van der Waals surface area contributed by atoms with Crippen LogP contribution in [0.25, 0.3) is 0 Å². The molecule has 0 saturated carbocycles. The Kier molecular flexibility index (Phi) is 4.71. The number of halogens is 1. The maximum Gasteiger partial charge on any atom is 0.123 e. The van der Waals surface area contributed by atoms with Crippen molar-refractivity contribution in [2.45, 2.75) is 51.8 Å². The van der Waals surface area contributed by atoms with E-state index in [1.165, 1.54) is 0 Å². The van der Waals surface area contributed by atoms with E-state index < -0.39 is 0 Å². The highest BCUT2D eigenvalue weighted by Crippen LogP contribution is 2.30. The molecule has 0 aliphatic carbocycles. The Morgan fingerprint density at radius 1 is 1.47 bits per heavy atom. The third-order valence-electron chi connectivity index (χ3n) is 3.83. The van der Waals surface area contributed by atoms with Gasteiger partial charge in [0.2, 0.25) is 0 Å². The van der Waals surface area contributed by atoms with Gasteiger partial charge in [0.1, 0.15) is 5.75 Å². The second-order valence-electron chi connectivity index (χ2n) is 5.58. The lowest BCUT2D eigenvalue weighted by atomic mass is 10.1. The van der Waals surface area contributed by atoms with Gasteiger partial charge in [-0.15, -0.1) is 0 Å². The summed E-state index contributed by atoms with van der Waals surface area (Å²) in [7, 11) is 0. The summed E-state index contributed by atoms with van der Waals surface area (Å²) in [6.07, 6.45) is 2.78. The van der Waals surface area contributed by atoms with Crippen molar-refractivity contribution < 1.29 is 10.2 Å². The molecule has 19 heavy (non-hydrogen) atoms. The van der Waals surface area contributed by atoms with Crippen LogP contribution in [0.5, 0.6) is 5.75 Å². The number of benzene rings is 1. The van der Waals surface area contributed by atoms with Gasteiger partial charge in [-0.2, -0.15) is 0 Å². The van der Waals surface area contributed by atoms with Crippen molar-refractivity contribution in [1.29, 1.82) is 0 Å². The summed E-state index contributed by atoms with van der Waals surface area (Å²) in [5.41, 5.74) is 1.69. The first kappa shape index (κ1) is 14.6. The number of hydrogen-bond acceptors (Lipinski definition) is 3. The third kappa shape index (κ3) is 3.62. The van der Waals surface area contributed by atoms with Crippen LogP contribution in [-0.4, -0.2) is 33.8 Å². The largest absolute Gasteiger partial charge is 0.507 e. The Bertz CT molecular complexity index is 448. The molecule has 2 atom stereocenters. The maximum absolute atomic E-state index is 10.1. The summed E-state index contributed by atoms with van der Waals surface area (Å²) in [6.45, 7) is 5.41. The number of aryl methyl sites for hydroxylation is 1. The predicted octanol–water partition coefficient (Wildman–Crippen LogP) is 3.09. The van der Waals surface area contributed by atoms with E-state index in [1.54, 1.807) is 6.07 Å². The number of likely N-dealkylation sites (tertiary alicyclic amines) is 1. The van der Waals surface area contributed by atoms with Gasteiger partial charge in [0, 0.05) is 23.2 Å². The molecular weight excluding hydrogens is 262 g/mol. The minimum absolute atomic E-state index is 0.278. The Morgan fingerprint density at radius 3 is 2.89 bits per heavy atom. The lowest BCUT2D eigenvalue weighted by Crippen LogP contribution is -2.31. The molecule has 1 heterocycles. The first-order chi connectivity index (χ1) is 8.97. The topological polar surface area (TPSA) is 43.7 Å². The minimum atomic E-state index is -0.278. The number of hydrogen-bond donors (Lipinski definition) is 2. The molecule has 1 aliphatic heterocycles. The monoisotopic (exact) mass is 283 g/mol. The van der Waals surface area contributed by atoms with Gasteiger partial charge in [0.05, 0.1) is 6.10 Å². The van der Waals surface area contributed by atoms with Gasteiger partial charge in [-0.3, -0.25) is 4.90 Å². The fraction of sp³-hybridized carbons (Fsp3) is 0.600. The molecule has 0 amide bonds. The fourth-order valence-electron chi connectivity index (χ4n) is 2.91. The number of phenols is 1. The van der Waals surface area contributed by atoms with Gasteiger partial charge >= 0.3 is 0 Å². The quantitative estimate of drug-likeness (QED) is 0.892. The summed E-state index contributed by atoms with van der Waals surface area (Å²) in [5.74, 6) is 0.340. The molecule has 1 aromatic rings.